The van der Waals surface area contributed by atoms with E-state index >= 15 is 0 Å². The first kappa shape index (κ1) is 12.1. The Morgan fingerprint density at radius 1 is 1.59 bits per heavy atom. The smallest absolute Gasteiger partial charge is 0.219 e. The van der Waals surface area contributed by atoms with Crippen LogP contribution in [-0.2, 0) is 4.79 Å². The number of piperidine rings is 1. The highest BCUT2D eigenvalue weighted by molar-refractivity contribution is 5.73. The maximum absolute atomic E-state index is 11.2. The molecule has 1 unspecified atom stereocenters. The van der Waals surface area contributed by atoms with Gasteiger partial charge in [0.05, 0.1) is 5.69 Å². The number of rotatable bonds is 3. The number of carbonyl (C=O) groups excluding carboxylic acids is 1. The SMILES string of the molecule is CC(=O)N1CCC(NC(C)c2ccn[nH]2)CC1. The zero-order chi connectivity index (χ0) is 12.3. The van der Waals surface area contributed by atoms with E-state index in [-0.39, 0.29) is 11.9 Å². The largest absolute Gasteiger partial charge is 0.343 e. The van der Waals surface area contributed by atoms with Crippen LogP contribution in [0.1, 0.15) is 38.4 Å². The standard InChI is InChI=1S/C12H20N4O/c1-9(12-3-6-13-15-12)14-11-4-7-16(8-5-11)10(2)17/h3,6,9,11,14H,4-5,7-8H2,1-2H3,(H,13,15). The van der Waals surface area contributed by atoms with Gasteiger partial charge in [0, 0.05) is 38.3 Å². The highest BCUT2D eigenvalue weighted by Crippen LogP contribution is 2.15. The first-order valence-electron chi connectivity index (χ1n) is 6.17. The number of hydrogen-bond acceptors (Lipinski definition) is 3. The number of aromatic nitrogens is 2. The zero-order valence-electron chi connectivity index (χ0n) is 10.4. The zero-order valence-corrected chi connectivity index (χ0v) is 10.4. The first-order valence-corrected chi connectivity index (χ1v) is 6.17. The molecule has 2 heterocycles. The van der Waals surface area contributed by atoms with Crippen molar-refractivity contribution in [1.29, 1.82) is 0 Å². The summed E-state index contributed by atoms with van der Waals surface area (Å²) in [4.78, 5) is 13.1. The van der Waals surface area contributed by atoms with Crippen LogP contribution in [0.15, 0.2) is 12.3 Å². The minimum atomic E-state index is 0.185. The van der Waals surface area contributed by atoms with Gasteiger partial charge in [0.15, 0.2) is 0 Å². The van der Waals surface area contributed by atoms with Crippen molar-refractivity contribution in [2.24, 2.45) is 0 Å². The molecule has 5 heteroatoms. The van der Waals surface area contributed by atoms with E-state index in [2.05, 4.69) is 22.4 Å². The van der Waals surface area contributed by atoms with Gasteiger partial charge in [-0.3, -0.25) is 9.89 Å². The van der Waals surface area contributed by atoms with Crippen LogP contribution in [0.25, 0.3) is 0 Å². The minimum Gasteiger partial charge on any atom is -0.343 e. The predicted molar refractivity (Wildman–Crippen MR) is 65.4 cm³/mol. The normalized spacial score (nSPS) is 19.3. The van der Waals surface area contributed by atoms with E-state index < -0.39 is 0 Å². The Bertz CT molecular complexity index is 355. The first-order chi connectivity index (χ1) is 8.16. The Morgan fingerprint density at radius 2 is 2.29 bits per heavy atom. The Hall–Kier alpha value is -1.36. The summed E-state index contributed by atoms with van der Waals surface area (Å²) < 4.78 is 0. The summed E-state index contributed by atoms with van der Waals surface area (Å²) in [5.41, 5.74) is 1.11. The molecule has 17 heavy (non-hydrogen) atoms. The van der Waals surface area contributed by atoms with Crippen LogP contribution in [-0.4, -0.2) is 40.1 Å². The summed E-state index contributed by atoms with van der Waals surface area (Å²) in [5.74, 6) is 0.185. The molecule has 0 bridgehead atoms. The van der Waals surface area contributed by atoms with Crippen molar-refractivity contribution in [3.05, 3.63) is 18.0 Å². The number of H-pyrrole nitrogens is 1. The number of carbonyl (C=O) groups is 1. The minimum absolute atomic E-state index is 0.185. The molecule has 1 aromatic rings. The number of nitrogens with zero attached hydrogens (tertiary/aromatic N) is 2. The average molecular weight is 236 g/mol. The van der Waals surface area contributed by atoms with E-state index in [0.717, 1.165) is 31.6 Å². The van der Waals surface area contributed by atoms with Crippen molar-refractivity contribution >= 4 is 5.91 Å². The van der Waals surface area contributed by atoms with Crippen LogP contribution in [0.3, 0.4) is 0 Å². The summed E-state index contributed by atoms with van der Waals surface area (Å²) in [7, 11) is 0. The predicted octanol–water partition coefficient (Wildman–Crippen LogP) is 1.07. The molecule has 1 saturated heterocycles. The summed E-state index contributed by atoms with van der Waals surface area (Å²) in [6.45, 7) is 5.50. The van der Waals surface area contributed by atoms with Gasteiger partial charge in [-0.05, 0) is 25.8 Å². The Labute approximate surface area is 102 Å². The molecular formula is C12H20N4O. The molecule has 1 amide bonds. The molecule has 5 nitrogen and oxygen atoms in total. The summed E-state index contributed by atoms with van der Waals surface area (Å²) in [5, 5.41) is 10.5. The molecule has 1 atom stereocenters. The van der Waals surface area contributed by atoms with Gasteiger partial charge in [0.1, 0.15) is 0 Å². The van der Waals surface area contributed by atoms with Gasteiger partial charge in [-0.25, -0.2) is 0 Å². The van der Waals surface area contributed by atoms with Crippen molar-refractivity contribution in [3.63, 3.8) is 0 Å². The molecular weight excluding hydrogens is 216 g/mol. The van der Waals surface area contributed by atoms with Gasteiger partial charge in [0.25, 0.3) is 0 Å². The Balaban J connectivity index is 1.80. The van der Waals surface area contributed by atoms with Gasteiger partial charge in [0.2, 0.25) is 5.91 Å². The average Bonchev–Trinajstić information content (AvgIpc) is 2.83. The van der Waals surface area contributed by atoms with Crippen LogP contribution in [0, 0.1) is 0 Å². The molecule has 1 fully saturated rings. The lowest BCUT2D eigenvalue weighted by Crippen LogP contribution is -2.44. The molecule has 0 aromatic carbocycles. The van der Waals surface area contributed by atoms with E-state index in [1.54, 1.807) is 13.1 Å². The second-order valence-corrected chi connectivity index (χ2v) is 4.68. The van der Waals surface area contributed by atoms with Gasteiger partial charge >= 0.3 is 0 Å². The lowest BCUT2D eigenvalue weighted by molar-refractivity contribution is -0.129. The molecule has 0 spiro atoms. The molecule has 1 aromatic heterocycles. The second-order valence-electron chi connectivity index (χ2n) is 4.68. The molecule has 0 radical (unpaired) electrons. The fraction of sp³-hybridized carbons (Fsp3) is 0.667. The number of hydrogen-bond donors (Lipinski definition) is 2. The van der Waals surface area contributed by atoms with E-state index in [4.69, 9.17) is 0 Å². The third-order valence-electron chi connectivity index (χ3n) is 3.41. The van der Waals surface area contributed by atoms with E-state index in [0.29, 0.717) is 6.04 Å². The Kier molecular flexibility index (Phi) is 3.78. The summed E-state index contributed by atoms with van der Waals surface area (Å²) in [6.07, 6.45) is 3.82. The number of likely N-dealkylation sites (tertiary alicyclic amines) is 1. The maximum atomic E-state index is 11.2. The van der Waals surface area contributed by atoms with Crippen LogP contribution in [0.2, 0.25) is 0 Å². The molecule has 1 aliphatic rings. The molecule has 0 aliphatic carbocycles. The van der Waals surface area contributed by atoms with E-state index in [1.807, 2.05) is 11.0 Å². The van der Waals surface area contributed by atoms with Crippen LogP contribution in [0.5, 0.6) is 0 Å². The molecule has 1 aliphatic heterocycles. The van der Waals surface area contributed by atoms with Crippen molar-refractivity contribution in [3.8, 4) is 0 Å². The molecule has 2 N–H and O–H groups in total. The summed E-state index contributed by atoms with van der Waals surface area (Å²) >= 11 is 0. The van der Waals surface area contributed by atoms with Crippen molar-refractivity contribution in [2.75, 3.05) is 13.1 Å². The highest BCUT2D eigenvalue weighted by Gasteiger charge is 2.22. The number of nitrogens with one attached hydrogen (secondary N) is 2. The van der Waals surface area contributed by atoms with E-state index in [9.17, 15) is 4.79 Å². The van der Waals surface area contributed by atoms with Gasteiger partial charge in [-0.2, -0.15) is 5.10 Å². The van der Waals surface area contributed by atoms with Crippen molar-refractivity contribution in [2.45, 2.75) is 38.8 Å². The third kappa shape index (κ3) is 3.06. The lowest BCUT2D eigenvalue weighted by atomic mass is 10.0. The van der Waals surface area contributed by atoms with Crippen LogP contribution >= 0.6 is 0 Å². The number of amides is 1. The second kappa shape index (κ2) is 5.31. The van der Waals surface area contributed by atoms with Crippen molar-refractivity contribution in [1.82, 2.24) is 20.4 Å². The fourth-order valence-corrected chi connectivity index (χ4v) is 2.31. The van der Waals surface area contributed by atoms with Gasteiger partial charge in [-0.15, -0.1) is 0 Å². The van der Waals surface area contributed by atoms with E-state index in [1.165, 1.54) is 0 Å². The molecule has 2 rings (SSSR count). The topological polar surface area (TPSA) is 61.0 Å². The monoisotopic (exact) mass is 236 g/mol. The maximum Gasteiger partial charge on any atom is 0.219 e. The molecule has 94 valence electrons. The third-order valence-corrected chi connectivity index (χ3v) is 3.41. The number of aromatic amines is 1. The fourth-order valence-electron chi connectivity index (χ4n) is 2.31. The molecule has 0 saturated carbocycles. The lowest BCUT2D eigenvalue weighted by Gasteiger charge is -2.33. The van der Waals surface area contributed by atoms with Gasteiger partial charge < -0.3 is 10.2 Å². The van der Waals surface area contributed by atoms with Gasteiger partial charge in [-0.1, -0.05) is 0 Å². The van der Waals surface area contributed by atoms with Crippen LogP contribution < -0.4 is 5.32 Å². The Morgan fingerprint density at radius 3 is 2.82 bits per heavy atom. The van der Waals surface area contributed by atoms with Crippen molar-refractivity contribution < 1.29 is 4.79 Å². The quantitative estimate of drug-likeness (QED) is 0.825. The highest BCUT2D eigenvalue weighted by atomic mass is 16.2. The summed E-state index contributed by atoms with van der Waals surface area (Å²) in [6, 6.07) is 2.76. The van der Waals surface area contributed by atoms with Crippen LogP contribution in [0.4, 0.5) is 0 Å².